The van der Waals surface area contributed by atoms with Gasteiger partial charge in [-0.25, -0.2) is 0 Å². The first-order valence-electron chi connectivity index (χ1n) is 1.85. The molecule has 1 nitrogen and oxygen atoms in total. The summed E-state index contributed by atoms with van der Waals surface area (Å²) < 4.78 is 4.96. The number of epoxide rings is 1. The van der Waals surface area contributed by atoms with E-state index < -0.39 is 0 Å². The molecule has 1 atom stereocenters. The van der Waals surface area contributed by atoms with E-state index in [2.05, 4.69) is 6.92 Å². The Morgan fingerprint density at radius 2 is 2.20 bits per heavy atom. The average Bonchev–Trinajstić information content (AvgIpc) is 1.76. The summed E-state index contributed by atoms with van der Waals surface area (Å²) in [4.78, 5) is 0. The van der Waals surface area contributed by atoms with Crippen LogP contribution < -0.4 is 0 Å². The van der Waals surface area contributed by atoms with Crippen molar-refractivity contribution in [3.8, 4) is 0 Å². The van der Waals surface area contributed by atoms with Gasteiger partial charge in [-0.15, -0.1) is 0 Å². The van der Waals surface area contributed by atoms with Gasteiger partial charge in [-0.3, -0.25) is 0 Å². The second-order valence-corrected chi connectivity index (χ2v) is 4.16. The molecule has 0 saturated carbocycles. The van der Waals surface area contributed by atoms with E-state index in [-0.39, 0.29) is 0 Å². The molecule has 1 aliphatic rings. The van der Waals surface area contributed by atoms with Crippen LogP contribution >= 0.6 is 0 Å². The fourth-order valence-electron chi connectivity index (χ4n) is 0.144. The maximum absolute atomic E-state index is 4.96. The minimum absolute atomic E-state index is 0.389. The van der Waals surface area contributed by atoms with Gasteiger partial charge in [0.2, 0.25) is 0 Å². The molecule has 0 N–H and O–H groups in total. The van der Waals surface area contributed by atoms with Crippen LogP contribution in [0.15, 0.2) is 0 Å². The molecule has 0 amide bonds. The highest BCUT2D eigenvalue weighted by Gasteiger charge is 2.31. The van der Waals surface area contributed by atoms with E-state index in [1.54, 1.807) is 0 Å². The standard InChI is InChI=1S/C3H8OSi/c1-3(5)2-4-3/h2H2,1,5H3. The highest BCUT2D eigenvalue weighted by atomic mass is 28.1. The summed E-state index contributed by atoms with van der Waals surface area (Å²) in [7, 11) is 1.20. The lowest BCUT2D eigenvalue weighted by atomic mass is 10.6. The molecule has 1 rings (SSSR count). The number of rotatable bonds is 0. The third-order valence-corrected chi connectivity index (χ3v) is 1.30. The molecule has 30 valence electrons. The van der Waals surface area contributed by atoms with E-state index >= 15 is 0 Å². The van der Waals surface area contributed by atoms with Crippen molar-refractivity contribution in [3.05, 3.63) is 0 Å². The Hall–Kier alpha value is 0.177. The molecule has 0 aliphatic carbocycles. The zero-order valence-corrected chi connectivity index (χ0v) is 5.62. The van der Waals surface area contributed by atoms with Gasteiger partial charge in [-0.05, 0) is 6.92 Å². The predicted octanol–water partition coefficient (Wildman–Crippen LogP) is -0.902. The van der Waals surface area contributed by atoms with Crippen LogP contribution in [0.5, 0.6) is 0 Å². The molecule has 1 unspecified atom stereocenters. The van der Waals surface area contributed by atoms with Gasteiger partial charge in [0.15, 0.2) is 0 Å². The Kier molecular flexibility index (Phi) is 0.425. The molecule has 0 radical (unpaired) electrons. The highest BCUT2D eigenvalue weighted by molar-refractivity contribution is 6.15. The van der Waals surface area contributed by atoms with Crippen molar-refractivity contribution in [2.45, 2.75) is 12.1 Å². The Balaban J connectivity index is 2.38. The molecule has 1 saturated heterocycles. The first-order chi connectivity index (χ1) is 2.21. The summed E-state index contributed by atoms with van der Waals surface area (Å²) in [6, 6.07) is 0. The van der Waals surface area contributed by atoms with Gasteiger partial charge in [0.05, 0.1) is 11.8 Å². The quantitative estimate of drug-likeness (QED) is 0.276. The maximum Gasteiger partial charge on any atom is 0.0717 e. The van der Waals surface area contributed by atoms with Crippen molar-refractivity contribution in [1.82, 2.24) is 0 Å². The number of hydrogen-bond acceptors (Lipinski definition) is 1. The van der Waals surface area contributed by atoms with E-state index in [4.69, 9.17) is 4.74 Å². The number of hydrogen-bond donors (Lipinski definition) is 0. The van der Waals surface area contributed by atoms with Crippen LogP contribution in [-0.2, 0) is 4.74 Å². The van der Waals surface area contributed by atoms with Crippen LogP contribution in [0.4, 0.5) is 0 Å². The molecule has 0 aromatic carbocycles. The monoisotopic (exact) mass is 88.0 g/mol. The third-order valence-electron chi connectivity index (χ3n) is 0.722. The lowest BCUT2D eigenvalue weighted by Gasteiger charge is -1.81. The smallest absolute Gasteiger partial charge is 0.0717 e. The molecule has 1 heterocycles. The lowest BCUT2D eigenvalue weighted by molar-refractivity contribution is 0.396. The van der Waals surface area contributed by atoms with Gasteiger partial charge in [0.25, 0.3) is 0 Å². The van der Waals surface area contributed by atoms with Crippen LogP contribution in [0.1, 0.15) is 6.92 Å². The molecule has 1 aliphatic heterocycles. The minimum atomic E-state index is 0.389. The molecule has 1 fully saturated rings. The molecule has 2 heteroatoms. The molecular formula is C3H8OSi. The van der Waals surface area contributed by atoms with E-state index in [9.17, 15) is 0 Å². The van der Waals surface area contributed by atoms with Crippen molar-refractivity contribution in [1.29, 1.82) is 0 Å². The van der Waals surface area contributed by atoms with Gasteiger partial charge >= 0.3 is 0 Å². The Labute approximate surface area is 34.7 Å². The molecule has 5 heavy (non-hydrogen) atoms. The predicted molar refractivity (Wildman–Crippen MR) is 24.3 cm³/mol. The van der Waals surface area contributed by atoms with E-state index in [1.807, 2.05) is 0 Å². The summed E-state index contributed by atoms with van der Waals surface area (Å²) in [5.41, 5.74) is 0. The van der Waals surface area contributed by atoms with Crippen molar-refractivity contribution >= 4 is 10.2 Å². The van der Waals surface area contributed by atoms with Gasteiger partial charge in [-0.1, -0.05) is 0 Å². The molecule has 0 bridgehead atoms. The summed E-state index contributed by atoms with van der Waals surface area (Å²) in [5.74, 6) is 0. The van der Waals surface area contributed by atoms with E-state index in [1.165, 1.54) is 10.2 Å². The fraction of sp³-hybridized carbons (Fsp3) is 1.00. The summed E-state index contributed by atoms with van der Waals surface area (Å²) in [5, 5.41) is 0.389. The van der Waals surface area contributed by atoms with E-state index in [0.29, 0.717) is 5.22 Å². The van der Waals surface area contributed by atoms with Crippen LogP contribution in [0.2, 0.25) is 0 Å². The topological polar surface area (TPSA) is 12.5 Å². The molecule has 0 aromatic heterocycles. The van der Waals surface area contributed by atoms with Gasteiger partial charge < -0.3 is 4.74 Å². The Morgan fingerprint density at radius 3 is 2.20 bits per heavy atom. The van der Waals surface area contributed by atoms with Gasteiger partial charge in [0, 0.05) is 10.2 Å². The Morgan fingerprint density at radius 1 is 2.00 bits per heavy atom. The number of ether oxygens (including phenoxy) is 1. The summed E-state index contributed by atoms with van der Waals surface area (Å²) in [6.45, 7) is 3.15. The highest BCUT2D eigenvalue weighted by Crippen LogP contribution is 2.19. The molecular weight excluding hydrogens is 80.1 g/mol. The van der Waals surface area contributed by atoms with Crippen LogP contribution in [0.25, 0.3) is 0 Å². The average molecular weight is 88.2 g/mol. The maximum atomic E-state index is 4.96. The largest absolute Gasteiger partial charge is 0.375 e. The van der Waals surface area contributed by atoms with Crippen LogP contribution in [0.3, 0.4) is 0 Å². The molecule has 0 aromatic rings. The van der Waals surface area contributed by atoms with Crippen molar-refractivity contribution in [2.24, 2.45) is 0 Å². The van der Waals surface area contributed by atoms with Crippen LogP contribution in [-0.4, -0.2) is 22.1 Å². The van der Waals surface area contributed by atoms with Crippen LogP contribution in [0, 0.1) is 0 Å². The van der Waals surface area contributed by atoms with Gasteiger partial charge in [-0.2, -0.15) is 0 Å². The minimum Gasteiger partial charge on any atom is -0.375 e. The first-order valence-corrected chi connectivity index (χ1v) is 2.85. The van der Waals surface area contributed by atoms with Gasteiger partial charge in [0.1, 0.15) is 0 Å². The van der Waals surface area contributed by atoms with E-state index in [0.717, 1.165) is 6.61 Å². The second-order valence-electron chi connectivity index (χ2n) is 2.05. The fourth-order valence-corrected chi connectivity index (χ4v) is 0.289. The molecule has 0 spiro atoms. The normalized spacial score (nSPS) is 49.8. The Bertz CT molecular complexity index is 44.9. The van der Waals surface area contributed by atoms with Crippen molar-refractivity contribution in [2.75, 3.05) is 6.61 Å². The SMILES string of the molecule is CC1([SiH3])CO1. The first kappa shape index (κ1) is 3.37. The third kappa shape index (κ3) is 0.739. The second kappa shape index (κ2) is 0.630. The van der Waals surface area contributed by atoms with Crippen molar-refractivity contribution < 1.29 is 4.74 Å². The lowest BCUT2D eigenvalue weighted by Crippen LogP contribution is -1.99. The zero-order chi connectivity index (χ0) is 3.91. The summed E-state index contributed by atoms with van der Waals surface area (Å²) in [6.07, 6.45) is 0. The zero-order valence-electron chi connectivity index (χ0n) is 3.62. The summed E-state index contributed by atoms with van der Waals surface area (Å²) >= 11 is 0. The van der Waals surface area contributed by atoms with Crippen molar-refractivity contribution in [3.63, 3.8) is 0 Å².